The number of hydrogen-bond donors (Lipinski definition) is 2. The van der Waals surface area contributed by atoms with E-state index in [1.807, 2.05) is 0 Å². The maximum absolute atomic E-state index is 12.1. The summed E-state index contributed by atoms with van der Waals surface area (Å²) in [5.41, 5.74) is 1.41. The van der Waals surface area contributed by atoms with Crippen LogP contribution in [0.25, 0.3) is 0 Å². The highest BCUT2D eigenvalue weighted by Crippen LogP contribution is 2.29. The molecule has 0 saturated carbocycles. The van der Waals surface area contributed by atoms with Crippen molar-refractivity contribution in [3.8, 4) is 0 Å². The van der Waals surface area contributed by atoms with Crippen LogP contribution >= 0.6 is 34.5 Å². The van der Waals surface area contributed by atoms with E-state index in [1.165, 1.54) is 22.3 Å². The number of halogens is 2. The molecule has 112 valence electrons. The van der Waals surface area contributed by atoms with Gasteiger partial charge in [-0.1, -0.05) is 30.1 Å². The first-order valence-electron chi connectivity index (χ1n) is 6.63. The Morgan fingerprint density at radius 2 is 2.38 bits per heavy atom. The number of amides is 1. The van der Waals surface area contributed by atoms with E-state index >= 15 is 0 Å². The molecule has 0 atom stereocenters. The molecule has 2 aromatic rings. The Kier molecular flexibility index (Phi) is 4.21. The number of anilines is 1. The topological polar surface area (TPSA) is 61.0 Å². The number of fused-ring (bicyclic) bond motifs is 1. The molecule has 1 amide bonds. The van der Waals surface area contributed by atoms with Gasteiger partial charge in [-0.15, -0.1) is 11.3 Å². The molecular formula is C13H14Cl2N4OS. The van der Waals surface area contributed by atoms with Gasteiger partial charge < -0.3 is 4.98 Å². The summed E-state index contributed by atoms with van der Waals surface area (Å²) in [5, 5.41) is 4.00. The van der Waals surface area contributed by atoms with Crippen molar-refractivity contribution < 1.29 is 4.79 Å². The summed E-state index contributed by atoms with van der Waals surface area (Å²) in [5.74, 6) is -0.290. The maximum Gasteiger partial charge on any atom is 0.273 e. The number of nitrogens with one attached hydrogen (secondary N) is 2. The van der Waals surface area contributed by atoms with Gasteiger partial charge in [-0.2, -0.15) is 0 Å². The number of rotatable bonds is 3. The van der Waals surface area contributed by atoms with Crippen molar-refractivity contribution >= 4 is 45.6 Å². The summed E-state index contributed by atoms with van der Waals surface area (Å²) >= 11 is 13.2. The Balaban J connectivity index is 1.74. The molecule has 21 heavy (non-hydrogen) atoms. The molecule has 0 aromatic carbocycles. The van der Waals surface area contributed by atoms with Crippen LogP contribution in [0, 0.1) is 0 Å². The van der Waals surface area contributed by atoms with Gasteiger partial charge in [-0.05, 0) is 12.6 Å². The van der Waals surface area contributed by atoms with Crippen LogP contribution in [0.4, 0.5) is 5.13 Å². The van der Waals surface area contributed by atoms with E-state index < -0.39 is 0 Å². The second-order valence-electron chi connectivity index (χ2n) is 4.81. The minimum atomic E-state index is -0.290. The van der Waals surface area contributed by atoms with Crippen LogP contribution in [-0.4, -0.2) is 33.9 Å². The molecule has 3 rings (SSSR count). The Hall–Kier alpha value is -1.08. The third-order valence-corrected chi connectivity index (χ3v) is 5.14. The molecule has 0 saturated heterocycles. The van der Waals surface area contributed by atoms with Crippen LogP contribution in [-0.2, 0) is 13.0 Å². The van der Waals surface area contributed by atoms with Gasteiger partial charge in [0, 0.05) is 24.4 Å². The van der Waals surface area contributed by atoms with Crippen molar-refractivity contribution in [3.63, 3.8) is 0 Å². The van der Waals surface area contributed by atoms with Crippen molar-refractivity contribution in [2.24, 2.45) is 0 Å². The van der Waals surface area contributed by atoms with Gasteiger partial charge in [0.05, 0.1) is 10.7 Å². The van der Waals surface area contributed by atoms with Crippen molar-refractivity contribution in [1.29, 1.82) is 0 Å². The molecule has 2 aromatic heterocycles. The lowest BCUT2D eigenvalue weighted by Crippen LogP contribution is -2.29. The van der Waals surface area contributed by atoms with Crippen LogP contribution in [0.1, 0.15) is 28.0 Å². The second kappa shape index (κ2) is 5.96. The van der Waals surface area contributed by atoms with E-state index in [0.29, 0.717) is 15.8 Å². The highest BCUT2D eigenvalue weighted by molar-refractivity contribution is 7.15. The van der Waals surface area contributed by atoms with E-state index in [-0.39, 0.29) is 11.1 Å². The quantitative estimate of drug-likeness (QED) is 0.896. The van der Waals surface area contributed by atoms with Crippen LogP contribution in [0.5, 0.6) is 0 Å². The Labute approximate surface area is 136 Å². The van der Waals surface area contributed by atoms with E-state index in [0.717, 1.165) is 31.7 Å². The monoisotopic (exact) mass is 344 g/mol. The van der Waals surface area contributed by atoms with Crippen molar-refractivity contribution in [3.05, 3.63) is 32.5 Å². The summed E-state index contributed by atoms with van der Waals surface area (Å²) < 4.78 is 0. The van der Waals surface area contributed by atoms with Gasteiger partial charge in [0.15, 0.2) is 5.13 Å². The molecule has 3 heterocycles. The Morgan fingerprint density at radius 3 is 3.05 bits per heavy atom. The summed E-state index contributed by atoms with van der Waals surface area (Å²) in [6.07, 6.45) is 0.926. The smallest absolute Gasteiger partial charge is 0.273 e. The third kappa shape index (κ3) is 3.08. The van der Waals surface area contributed by atoms with Gasteiger partial charge >= 0.3 is 0 Å². The van der Waals surface area contributed by atoms with Crippen LogP contribution in [0.2, 0.25) is 10.2 Å². The van der Waals surface area contributed by atoms with E-state index in [4.69, 9.17) is 23.2 Å². The highest BCUT2D eigenvalue weighted by atomic mass is 35.5. The molecule has 0 bridgehead atoms. The molecule has 0 unspecified atom stereocenters. The van der Waals surface area contributed by atoms with Gasteiger partial charge in [0.2, 0.25) is 0 Å². The van der Waals surface area contributed by atoms with Crippen LogP contribution in [0.15, 0.2) is 6.07 Å². The average molecular weight is 345 g/mol. The standard InChI is InChI=1S/C13H14Cl2N4OS/c1-2-19-4-3-8-10(6-19)21-13(17-8)18-12(20)9-5-7(14)11(15)16-9/h5,16H,2-4,6H2,1H3,(H,17,18,20). The number of nitrogens with zero attached hydrogens (tertiary/aromatic N) is 2. The molecule has 0 spiro atoms. The normalized spacial score (nSPS) is 15.0. The van der Waals surface area contributed by atoms with Crippen molar-refractivity contribution in [2.75, 3.05) is 18.4 Å². The molecular weight excluding hydrogens is 331 g/mol. The predicted molar refractivity (Wildman–Crippen MR) is 85.5 cm³/mol. The van der Waals surface area contributed by atoms with Crippen LogP contribution < -0.4 is 5.32 Å². The van der Waals surface area contributed by atoms with E-state index in [2.05, 4.69) is 27.1 Å². The molecule has 0 aliphatic carbocycles. The molecule has 1 aliphatic heterocycles. The number of thiazole rings is 1. The first-order chi connectivity index (χ1) is 10.1. The molecule has 8 heteroatoms. The fraction of sp³-hybridized carbons (Fsp3) is 0.385. The summed E-state index contributed by atoms with van der Waals surface area (Å²) in [7, 11) is 0. The average Bonchev–Trinajstić information content (AvgIpc) is 3.01. The van der Waals surface area contributed by atoms with Gasteiger partial charge in [-0.3, -0.25) is 15.0 Å². The lowest BCUT2D eigenvalue weighted by atomic mass is 10.2. The summed E-state index contributed by atoms with van der Waals surface area (Å²) in [4.78, 5) is 22.9. The summed E-state index contributed by atoms with van der Waals surface area (Å²) in [6, 6.07) is 1.51. The lowest BCUT2D eigenvalue weighted by molar-refractivity contribution is 0.102. The zero-order valence-corrected chi connectivity index (χ0v) is 13.7. The number of aromatic amines is 1. The maximum atomic E-state index is 12.1. The van der Waals surface area contributed by atoms with Gasteiger partial charge in [0.1, 0.15) is 10.8 Å². The zero-order chi connectivity index (χ0) is 15.0. The Morgan fingerprint density at radius 1 is 1.57 bits per heavy atom. The third-order valence-electron chi connectivity index (χ3n) is 3.45. The van der Waals surface area contributed by atoms with Crippen molar-refractivity contribution in [1.82, 2.24) is 14.9 Å². The lowest BCUT2D eigenvalue weighted by Gasteiger charge is -2.23. The fourth-order valence-electron chi connectivity index (χ4n) is 2.26. The number of likely N-dealkylation sites (N-methyl/N-ethyl adjacent to an activating group) is 1. The fourth-order valence-corrected chi connectivity index (χ4v) is 3.62. The number of carbonyl (C=O) groups excluding carboxylic acids is 1. The minimum absolute atomic E-state index is 0.263. The first kappa shape index (κ1) is 14.8. The largest absolute Gasteiger partial charge is 0.340 e. The van der Waals surface area contributed by atoms with Crippen LogP contribution in [0.3, 0.4) is 0 Å². The minimum Gasteiger partial charge on any atom is -0.340 e. The van der Waals surface area contributed by atoms with Gasteiger partial charge in [0.25, 0.3) is 5.91 Å². The number of H-pyrrole nitrogens is 1. The molecule has 2 N–H and O–H groups in total. The number of aromatic nitrogens is 2. The molecule has 0 fully saturated rings. The SMILES string of the molecule is CCN1CCc2nc(NC(=O)c3cc(Cl)c(Cl)[nH]3)sc2C1. The first-order valence-corrected chi connectivity index (χ1v) is 8.20. The Bertz CT molecular complexity index is 662. The van der Waals surface area contributed by atoms with E-state index in [9.17, 15) is 4.79 Å². The van der Waals surface area contributed by atoms with E-state index in [1.54, 1.807) is 0 Å². The molecule has 5 nitrogen and oxygen atoms in total. The van der Waals surface area contributed by atoms with Gasteiger partial charge in [-0.25, -0.2) is 4.98 Å². The predicted octanol–water partition coefficient (Wildman–Crippen LogP) is 3.41. The van der Waals surface area contributed by atoms with Crippen molar-refractivity contribution in [2.45, 2.75) is 19.9 Å². The summed E-state index contributed by atoms with van der Waals surface area (Å²) in [6.45, 7) is 5.09. The second-order valence-corrected chi connectivity index (χ2v) is 6.68. The molecule has 0 radical (unpaired) electrons. The number of hydrogen-bond acceptors (Lipinski definition) is 4. The molecule has 1 aliphatic rings. The number of carbonyl (C=O) groups is 1. The zero-order valence-electron chi connectivity index (χ0n) is 11.4. The highest BCUT2D eigenvalue weighted by Gasteiger charge is 2.21.